The monoisotopic (exact) mass is 270 g/mol. The van der Waals surface area contributed by atoms with E-state index in [0.29, 0.717) is 0 Å². The zero-order chi connectivity index (χ0) is 11.4. The van der Waals surface area contributed by atoms with Gasteiger partial charge in [-0.05, 0) is 17.2 Å². The Kier molecular flexibility index (Phi) is 3.63. The van der Waals surface area contributed by atoms with Crippen LogP contribution in [0.25, 0.3) is 12.2 Å². The van der Waals surface area contributed by atoms with Crippen LogP contribution in [0.1, 0.15) is 11.1 Å². The smallest absolute Gasteiger partial charge is 0.0819 e. The fourth-order valence-corrected chi connectivity index (χ4v) is 1.98. The van der Waals surface area contributed by atoms with E-state index in [9.17, 15) is 0 Å². The molecule has 0 saturated heterocycles. The minimum atomic E-state index is 1.12. The van der Waals surface area contributed by atoms with E-state index < -0.39 is 0 Å². The molecule has 0 bridgehead atoms. The van der Waals surface area contributed by atoms with Gasteiger partial charge in [0.2, 0.25) is 0 Å². The molecule has 0 aliphatic rings. The van der Waals surface area contributed by atoms with Crippen molar-refractivity contribution < 1.29 is 0 Å². The normalized spacial score (nSPS) is 10.8. The molecule has 0 N–H and O–H groups in total. The summed E-state index contributed by atoms with van der Waals surface area (Å²) in [7, 11) is 2.12. The van der Waals surface area contributed by atoms with Crippen molar-refractivity contribution in [3.63, 3.8) is 0 Å². The first-order chi connectivity index (χ1) is 7.77. The lowest BCUT2D eigenvalue weighted by Crippen LogP contribution is -2.04. The van der Waals surface area contributed by atoms with Crippen molar-refractivity contribution >= 4 is 41.4 Å². The number of hydrogen-bond donors (Lipinski definition) is 0. The van der Waals surface area contributed by atoms with Crippen LogP contribution in [0.3, 0.4) is 0 Å². The van der Waals surface area contributed by atoms with E-state index in [1.807, 2.05) is 12.1 Å². The molecule has 78 valence electrons. The molecule has 0 atom stereocenters. The molecule has 2 rings (SSSR count). The van der Waals surface area contributed by atoms with Crippen molar-refractivity contribution in [3.05, 3.63) is 64.1 Å². The summed E-state index contributed by atoms with van der Waals surface area (Å²) < 4.78 is 1.12. The van der Waals surface area contributed by atoms with Crippen LogP contribution >= 0.6 is 15.9 Å². The maximum absolute atomic E-state index is 3.54. The Labute approximate surface area is 106 Å². The van der Waals surface area contributed by atoms with E-state index in [0.717, 1.165) is 4.47 Å². The van der Waals surface area contributed by atoms with E-state index in [1.165, 1.54) is 16.6 Å². The average Bonchev–Trinajstić information content (AvgIpc) is 2.30. The highest BCUT2D eigenvalue weighted by Crippen LogP contribution is 2.18. The summed E-state index contributed by atoms with van der Waals surface area (Å²) in [5.74, 6) is 0. The van der Waals surface area contributed by atoms with E-state index in [1.54, 1.807) is 0 Å². The first-order valence-electron chi connectivity index (χ1n) is 5.25. The first-order valence-corrected chi connectivity index (χ1v) is 6.05. The van der Waals surface area contributed by atoms with Crippen molar-refractivity contribution in [3.8, 4) is 0 Å². The van der Waals surface area contributed by atoms with Crippen LogP contribution in [0.5, 0.6) is 0 Å². The summed E-state index contributed by atoms with van der Waals surface area (Å²) >= 11 is 3.54. The summed E-state index contributed by atoms with van der Waals surface area (Å²) in [5, 5.41) is 0. The van der Waals surface area contributed by atoms with Gasteiger partial charge in [0, 0.05) is 4.47 Å². The van der Waals surface area contributed by atoms with Crippen LogP contribution < -0.4 is 5.46 Å². The standard InChI is InChI=1S/C14H12BBr/c15-13-7-3-1-5-11(13)9-10-12-6-2-4-8-14(12)16/h1-10H,15H2/b10-9+. The predicted octanol–water partition coefficient (Wildman–Crippen LogP) is 2.88. The van der Waals surface area contributed by atoms with Gasteiger partial charge in [0.15, 0.2) is 0 Å². The van der Waals surface area contributed by atoms with Crippen LogP contribution in [-0.2, 0) is 0 Å². The van der Waals surface area contributed by atoms with Crippen LogP contribution in [0.4, 0.5) is 0 Å². The van der Waals surface area contributed by atoms with Gasteiger partial charge in [-0.2, -0.15) is 0 Å². The summed E-state index contributed by atoms with van der Waals surface area (Å²) in [4.78, 5) is 0. The molecule has 0 fully saturated rings. The SMILES string of the molecule is Bc1ccccc1/C=C/c1ccccc1Br. The zero-order valence-corrected chi connectivity index (χ0v) is 10.7. The van der Waals surface area contributed by atoms with Crippen molar-refractivity contribution in [2.24, 2.45) is 0 Å². The van der Waals surface area contributed by atoms with Crippen LogP contribution in [0, 0.1) is 0 Å². The highest BCUT2D eigenvalue weighted by atomic mass is 79.9. The quantitative estimate of drug-likeness (QED) is 0.582. The Morgan fingerprint density at radius 2 is 1.38 bits per heavy atom. The molecule has 0 radical (unpaired) electrons. The molecule has 16 heavy (non-hydrogen) atoms. The number of benzene rings is 2. The zero-order valence-electron chi connectivity index (χ0n) is 9.15. The van der Waals surface area contributed by atoms with Crippen LogP contribution in [0.15, 0.2) is 53.0 Å². The lowest BCUT2D eigenvalue weighted by molar-refractivity contribution is 1.60. The molecule has 0 aromatic heterocycles. The van der Waals surface area contributed by atoms with Crippen LogP contribution in [-0.4, -0.2) is 7.85 Å². The van der Waals surface area contributed by atoms with Gasteiger partial charge in [-0.25, -0.2) is 0 Å². The van der Waals surface area contributed by atoms with Gasteiger partial charge < -0.3 is 0 Å². The third-order valence-electron chi connectivity index (χ3n) is 2.54. The number of halogens is 1. The van der Waals surface area contributed by atoms with E-state index >= 15 is 0 Å². The van der Waals surface area contributed by atoms with Crippen LogP contribution in [0.2, 0.25) is 0 Å². The lowest BCUT2D eigenvalue weighted by Gasteiger charge is -2.00. The molecule has 2 aromatic carbocycles. The van der Waals surface area contributed by atoms with Crippen molar-refractivity contribution in [2.45, 2.75) is 0 Å². The Hall–Kier alpha value is -1.28. The second-order valence-electron chi connectivity index (χ2n) is 3.71. The maximum atomic E-state index is 3.54. The van der Waals surface area contributed by atoms with Crippen molar-refractivity contribution in [1.82, 2.24) is 0 Å². The minimum Gasteiger partial charge on any atom is -0.0819 e. The summed E-state index contributed by atoms with van der Waals surface area (Å²) in [5.41, 5.74) is 3.76. The predicted molar refractivity (Wildman–Crippen MR) is 77.7 cm³/mol. The Morgan fingerprint density at radius 3 is 2.06 bits per heavy atom. The summed E-state index contributed by atoms with van der Waals surface area (Å²) in [6.07, 6.45) is 4.28. The van der Waals surface area contributed by atoms with Gasteiger partial charge in [0.05, 0.1) is 0 Å². The van der Waals surface area contributed by atoms with Crippen molar-refractivity contribution in [2.75, 3.05) is 0 Å². The van der Waals surface area contributed by atoms with Gasteiger partial charge in [-0.15, -0.1) is 0 Å². The van der Waals surface area contributed by atoms with E-state index in [-0.39, 0.29) is 0 Å². The van der Waals surface area contributed by atoms with Gasteiger partial charge in [0.1, 0.15) is 7.85 Å². The van der Waals surface area contributed by atoms with Crippen molar-refractivity contribution in [1.29, 1.82) is 0 Å². The Bertz CT molecular complexity index is 470. The fraction of sp³-hybridized carbons (Fsp3) is 0. The molecule has 2 heteroatoms. The molecule has 0 saturated carbocycles. The Balaban J connectivity index is 2.29. The maximum Gasteiger partial charge on any atom is 0.140 e. The Morgan fingerprint density at radius 1 is 0.812 bits per heavy atom. The first kappa shape index (κ1) is 11.2. The lowest BCUT2D eigenvalue weighted by atomic mass is 9.90. The van der Waals surface area contributed by atoms with Gasteiger partial charge >= 0.3 is 0 Å². The summed E-state index contributed by atoms with van der Waals surface area (Å²) in [6, 6.07) is 16.6. The summed E-state index contributed by atoms with van der Waals surface area (Å²) in [6.45, 7) is 0. The largest absolute Gasteiger partial charge is 0.140 e. The highest BCUT2D eigenvalue weighted by molar-refractivity contribution is 9.10. The van der Waals surface area contributed by atoms with Gasteiger partial charge in [0.25, 0.3) is 0 Å². The third-order valence-corrected chi connectivity index (χ3v) is 3.26. The molecule has 0 spiro atoms. The molecule has 0 amide bonds. The van der Waals surface area contributed by atoms with Gasteiger partial charge in [-0.1, -0.05) is 76.0 Å². The average molecular weight is 271 g/mol. The van der Waals surface area contributed by atoms with E-state index in [4.69, 9.17) is 0 Å². The molecule has 0 aliphatic carbocycles. The second kappa shape index (κ2) is 5.17. The molecule has 0 nitrogen and oxygen atoms in total. The molecule has 0 unspecified atom stereocenters. The minimum absolute atomic E-state index is 1.12. The second-order valence-corrected chi connectivity index (χ2v) is 4.57. The number of rotatable bonds is 2. The molecular weight excluding hydrogens is 259 g/mol. The van der Waals surface area contributed by atoms with E-state index in [2.05, 4.69) is 72.3 Å². The fourth-order valence-electron chi connectivity index (χ4n) is 1.56. The molecule has 0 heterocycles. The molecular formula is C14H12BBr. The molecule has 2 aromatic rings. The van der Waals surface area contributed by atoms with Gasteiger partial charge in [-0.3, -0.25) is 0 Å². The highest BCUT2D eigenvalue weighted by Gasteiger charge is 1.94. The topological polar surface area (TPSA) is 0 Å². The number of hydrogen-bond acceptors (Lipinski definition) is 0. The third kappa shape index (κ3) is 2.64. The molecule has 0 aliphatic heterocycles.